The van der Waals surface area contributed by atoms with Crippen LogP contribution < -0.4 is 49.1 Å². The molecule has 0 aliphatic heterocycles. The summed E-state index contributed by atoms with van der Waals surface area (Å²) in [6, 6.07) is 6.30. The zero-order valence-electron chi connectivity index (χ0n) is 62.3. The predicted octanol–water partition coefficient (Wildman–Crippen LogP) is 16.2. The molecule has 0 fully saturated rings. The number of hydrogen-bond acceptors (Lipinski definition) is 14. The molecule has 2 heterocycles. The second kappa shape index (κ2) is 52.2. The first kappa shape index (κ1) is 85.3. The fraction of sp³-hybridized carbons (Fsp3) is 0.829. The van der Waals surface area contributed by atoms with Crippen LogP contribution in [0.3, 0.4) is 0 Å². The van der Waals surface area contributed by atoms with Crippen LogP contribution in [0.25, 0.3) is 11.2 Å². The van der Waals surface area contributed by atoms with E-state index in [9.17, 15) is 18.9 Å². The Balaban J connectivity index is 1.55. The first-order valence-electron chi connectivity index (χ1n) is 38.6. The average molecular weight is 1350 g/mol. The van der Waals surface area contributed by atoms with E-state index >= 15 is 0 Å². The normalized spacial score (nSPS) is 14.8. The van der Waals surface area contributed by atoms with Gasteiger partial charge in [-0.05, 0) is 181 Å². The fourth-order valence-corrected chi connectivity index (χ4v) is 14.2. The molecule has 18 nitrogen and oxygen atoms in total. The Morgan fingerprint density at radius 1 is 0.537 bits per heavy atom. The van der Waals surface area contributed by atoms with E-state index in [-0.39, 0.29) is 29.9 Å². The lowest BCUT2D eigenvalue weighted by atomic mass is 9.91. The van der Waals surface area contributed by atoms with Crippen molar-refractivity contribution in [2.75, 3.05) is 89.3 Å². The number of nitrogens with one attached hydrogen (secondary N) is 7. The van der Waals surface area contributed by atoms with Crippen LogP contribution in [-0.4, -0.2) is 116 Å². The molecule has 7 unspecified atom stereocenters. The number of unbranched alkanes of at least 4 members (excludes halogenated alkanes) is 3. The Morgan fingerprint density at radius 2 is 0.989 bits per heavy atom. The number of aromatic nitrogens is 4. The van der Waals surface area contributed by atoms with Gasteiger partial charge in [0, 0.05) is 18.7 Å². The summed E-state index contributed by atoms with van der Waals surface area (Å²) in [5.41, 5.74) is 13.4. The van der Waals surface area contributed by atoms with Crippen molar-refractivity contribution >= 4 is 42.3 Å². The lowest BCUT2D eigenvalue weighted by molar-refractivity contribution is -0.123. The third-order valence-electron chi connectivity index (χ3n) is 19.2. The van der Waals surface area contributed by atoms with Gasteiger partial charge in [-0.3, -0.25) is 18.7 Å². The molecule has 548 valence electrons. The Morgan fingerprint density at radius 3 is 1.47 bits per heavy atom. The van der Waals surface area contributed by atoms with E-state index in [0.717, 1.165) is 138 Å². The largest absolute Gasteiger partial charge is 0.382 e. The first-order valence-corrected chi connectivity index (χ1v) is 40.3. The van der Waals surface area contributed by atoms with Gasteiger partial charge in [0.15, 0.2) is 11.5 Å². The van der Waals surface area contributed by atoms with Crippen LogP contribution >= 0.6 is 7.60 Å². The summed E-state index contributed by atoms with van der Waals surface area (Å²) in [6.45, 7) is 33.7. The molecular weight excluding hydrogens is 1210 g/mol. The van der Waals surface area contributed by atoms with Crippen LogP contribution in [0.1, 0.15) is 285 Å². The maximum Gasteiger partial charge on any atom is 0.330 e. The first-order chi connectivity index (χ1) is 45.7. The van der Waals surface area contributed by atoms with Gasteiger partial charge < -0.3 is 57.4 Å². The van der Waals surface area contributed by atoms with Crippen molar-refractivity contribution < 1.29 is 23.2 Å². The van der Waals surface area contributed by atoms with Crippen LogP contribution in [-0.2, 0) is 25.0 Å². The minimum Gasteiger partial charge on any atom is -0.382 e. The Kier molecular flexibility index (Phi) is 46.9. The Bertz CT molecular complexity index is 2470. The van der Waals surface area contributed by atoms with Crippen molar-refractivity contribution in [3.05, 3.63) is 45.9 Å². The number of rotatable bonds is 62. The summed E-state index contributed by atoms with van der Waals surface area (Å²) in [5.74, 6) is 5.72. The Hall–Kier alpha value is -3.90. The van der Waals surface area contributed by atoms with Crippen molar-refractivity contribution in [2.24, 2.45) is 53.1 Å². The van der Waals surface area contributed by atoms with Gasteiger partial charge in [-0.25, -0.2) is 4.79 Å². The number of hydrogen-bond donors (Lipinski definition) is 9. The molecule has 0 bridgehead atoms. The van der Waals surface area contributed by atoms with Gasteiger partial charge in [-0.2, -0.15) is 9.97 Å². The van der Waals surface area contributed by atoms with Crippen molar-refractivity contribution in [3.63, 3.8) is 0 Å². The fourth-order valence-electron chi connectivity index (χ4n) is 12.6. The SMILES string of the molecule is CCCCNc1nc(N)c2[nH]c(=O)n(Cc3ccc(C(=O)NC(CCCCNCCCP(=O)(OCCC(C)CCCC(C)CCCC(C)CCCC(C)C)OCC[C@@H](C)CCCC(C)CCCC(C)CCCC(C)C)C(=O)NCCCNCCCCNCCCN)cc3)c2n1. The van der Waals surface area contributed by atoms with E-state index in [0.29, 0.717) is 106 Å². The molecule has 8 atom stereocenters. The highest BCUT2D eigenvalue weighted by Crippen LogP contribution is 2.49. The third-order valence-corrected chi connectivity index (χ3v) is 21.2. The van der Waals surface area contributed by atoms with Crippen molar-refractivity contribution in [1.29, 1.82) is 0 Å². The molecule has 0 radical (unpaired) electrons. The number of fused-ring (bicyclic) bond motifs is 1. The number of imidazole rings is 1. The number of anilines is 2. The third kappa shape index (κ3) is 40.7. The zero-order valence-corrected chi connectivity index (χ0v) is 63.2. The lowest BCUT2D eigenvalue weighted by Gasteiger charge is -2.21. The number of aromatic amines is 1. The van der Waals surface area contributed by atoms with Crippen LogP contribution in [0.4, 0.5) is 11.8 Å². The van der Waals surface area contributed by atoms with E-state index in [2.05, 4.69) is 123 Å². The minimum absolute atomic E-state index is 0.186. The highest BCUT2D eigenvalue weighted by molar-refractivity contribution is 7.53. The summed E-state index contributed by atoms with van der Waals surface area (Å²) in [6.07, 6.45) is 34.0. The quantitative estimate of drug-likeness (QED) is 0.0188. The van der Waals surface area contributed by atoms with Gasteiger partial charge in [0.25, 0.3) is 5.91 Å². The summed E-state index contributed by atoms with van der Waals surface area (Å²) in [7, 11) is -3.33. The minimum atomic E-state index is -3.33. The molecule has 2 aromatic heterocycles. The molecule has 0 aliphatic rings. The summed E-state index contributed by atoms with van der Waals surface area (Å²) >= 11 is 0. The highest BCUT2D eigenvalue weighted by Gasteiger charge is 2.26. The van der Waals surface area contributed by atoms with Crippen LogP contribution in [0.5, 0.6) is 0 Å². The smallest absolute Gasteiger partial charge is 0.330 e. The molecule has 95 heavy (non-hydrogen) atoms. The number of carbonyl (C=O) groups excluding carboxylic acids is 2. The molecule has 0 saturated carbocycles. The number of benzene rings is 1. The van der Waals surface area contributed by atoms with Gasteiger partial charge >= 0.3 is 13.3 Å². The Labute approximate surface area is 578 Å². The number of carbonyl (C=O) groups is 2. The molecule has 2 amide bonds. The molecule has 3 rings (SSSR count). The molecule has 0 aliphatic carbocycles. The number of nitrogens with two attached hydrogens (primary N) is 2. The zero-order chi connectivity index (χ0) is 69.5. The second-order valence-corrected chi connectivity index (χ2v) is 32.0. The molecule has 0 spiro atoms. The van der Waals surface area contributed by atoms with E-state index < -0.39 is 13.6 Å². The number of nitrogen functional groups attached to an aromatic ring is 1. The monoisotopic (exact) mass is 1350 g/mol. The number of amides is 2. The number of nitrogens with zero attached hydrogens (tertiary/aromatic N) is 3. The predicted molar refractivity (Wildman–Crippen MR) is 402 cm³/mol. The van der Waals surface area contributed by atoms with E-state index in [1.165, 1.54) is 107 Å². The van der Waals surface area contributed by atoms with Crippen molar-refractivity contribution in [2.45, 2.75) is 281 Å². The van der Waals surface area contributed by atoms with Gasteiger partial charge in [0.2, 0.25) is 11.9 Å². The summed E-state index contributed by atoms with van der Waals surface area (Å²) in [4.78, 5) is 52.6. The molecule has 3 aromatic rings. The van der Waals surface area contributed by atoms with Crippen molar-refractivity contribution in [1.82, 2.24) is 46.1 Å². The summed E-state index contributed by atoms with van der Waals surface area (Å²) < 4.78 is 28.7. The van der Waals surface area contributed by atoms with E-state index in [4.69, 9.17) is 20.5 Å². The van der Waals surface area contributed by atoms with Crippen LogP contribution in [0, 0.1) is 47.3 Å². The van der Waals surface area contributed by atoms with Gasteiger partial charge in [0.1, 0.15) is 11.6 Å². The molecule has 1 aromatic carbocycles. The lowest BCUT2D eigenvalue weighted by Crippen LogP contribution is -2.47. The highest BCUT2D eigenvalue weighted by atomic mass is 31.2. The maximum atomic E-state index is 14.5. The molecule has 0 saturated heterocycles. The van der Waals surface area contributed by atoms with Gasteiger partial charge in [0.05, 0.1) is 25.9 Å². The second-order valence-electron chi connectivity index (χ2n) is 29.8. The number of H-pyrrole nitrogens is 1. The van der Waals surface area contributed by atoms with Gasteiger partial charge in [-0.1, -0.05) is 210 Å². The topological polar surface area (TPSA) is 257 Å². The average Bonchev–Trinajstić information content (AvgIpc) is 1.65. The standard InChI is InChI=1S/C76H143N12O6P/c1-12-13-53-83-75-86-71(78)70-72(87-75)88(76(91)85-70)58-67-40-42-68(43-41-67)73(89)84-69(74(90)82-54-25-51-80-49-17-16-48-79-50-24-46-77)39-14-15-47-81-52-26-57-95(92,93-55-44-65(10)37-22-35-63(8)33-20-31-61(6)29-18-27-59(2)3)94-56-45-66(11)38-23-36-64(9)34-21-32-62(7)30-19-28-60(4)5/h40-43,59-66,69,79-81H,12-39,44-58,77H2,1-11H3,(H,82,90)(H,84,89)(H,85,91)(H3,78,83,86,87)/t61?,62?,63?,64?,65-,66?,69?,95?/m0/s1. The van der Waals surface area contributed by atoms with Crippen LogP contribution in [0.2, 0.25) is 0 Å². The molecule has 11 N–H and O–H groups in total. The van der Waals surface area contributed by atoms with E-state index in [1.807, 2.05) is 0 Å². The van der Waals surface area contributed by atoms with Crippen LogP contribution in [0.15, 0.2) is 29.1 Å². The van der Waals surface area contributed by atoms with Gasteiger partial charge in [-0.15, -0.1) is 0 Å². The molecular formula is C76H143N12O6P. The van der Waals surface area contributed by atoms with E-state index in [1.54, 1.807) is 24.3 Å². The molecule has 19 heteroatoms. The van der Waals surface area contributed by atoms with Crippen molar-refractivity contribution in [3.8, 4) is 0 Å². The maximum absolute atomic E-state index is 14.5. The summed E-state index contributed by atoms with van der Waals surface area (Å²) in [5, 5.41) is 19.8.